The molecule has 2 aromatic rings. The van der Waals surface area contributed by atoms with Crippen LogP contribution in [0.3, 0.4) is 0 Å². The first-order chi connectivity index (χ1) is 10.8. The molecule has 1 N–H and O–H groups in total. The lowest BCUT2D eigenvalue weighted by molar-refractivity contribution is -0.116. The van der Waals surface area contributed by atoms with Crippen LogP contribution >= 0.6 is 0 Å². The first-order valence-corrected chi connectivity index (χ1v) is 8.22. The molecule has 0 spiro atoms. The molecule has 0 unspecified atom stereocenters. The maximum atomic E-state index is 12.1. The van der Waals surface area contributed by atoms with Crippen LogP contribution in [-0.4, -0.2) is 37.3 Å². The summed E-state index contributed by atoms with van der Waals surface area (Å²) in [6.07, 6.45) is 1.17. The van der Waals surface area contributed by atoms with E-state index in [4.69, 9.17) is 0 Å². The molecule has 1 heterocycles. The van der Waals surface area contributed by atoms with Crippen LogP contribution < -0.4 is 10.9 Å². The van der Waals surface area contributed by atoms with E-state index >= 15 is 0 Å². The van der Waals surface area contributed by atoms with Crippen LogP contribution in [0.15, 0.2) is 58.4 Å². The van der Waals surface area contributed by atoms with Crippen LogP contribution in [0.1, 0.15) is 0 Å². The Bertz CT molecular complexity index is 858. The van der Waals surface area contributed by atoms with E-state index in [0.717, 1.165) is 14.9 Å². The van der Waals surface area contributed by atoms with Crippen molar-refractivity contribution in [3.63, 3.8) is 0 Å². The fraction of sp³-hybridized carbons (Fsp3) is 0.200. The number of nitrogens with one attached hydrogen (secondary N) is 1. The average Bonchev–Trinajstić information content (AvgIpc) is 2.50. The number of carbonyl (C=O) groups excluding carboxylic acids is 1. The van der Waals surface area contributed by atoms with Crippen LogP contribution in [0.4, 0.5) is 5.69 Å². The number of rotatable bonds is 5. The Morgan fingerprint density at radius 2 is 1.78 bits per heavy atom. The van der Waals surface area contributed by atoms with Crippen molar-refractivity contribution < 1.29 is 13.2 Å². The zero-order valence-corrected chi connectivity index (χ0v) is 13.6. The molecule has 23 heavy (non-hydrogen) atoms. The van der Waals surface area contributed by atoms with Gasteiger partial charge >= 0.3 is 0 Å². The van der Waals surface area contributed by atoms with Crippen molar-refractivity contribution in [2.24, 2.45) is 0 Å². The maximum absolute atomic E-state index is 12.1. The third kappa shape index (κ3) is 4.05. The SMILES string of the molecule is CN(C)S(=O)(=O)c1ccc(=O)n(CC(=O)Nc2ccccc2)c1. The minimum atomic E-state index is -3.67. The highest BCUT2D eigenvalue weighted by atomic mass is 32.2. The summed E-state index contributed by atoms with van der Waals surface area (Å²) in [7, 11) is -0.877. The van der Waals surface area contributed by atoms with Crippen LogP contribution in [-0.2, 0) is 21.4 Å². The lowest BCUT2D eigenvalue weighted by atomic mass is 10.3. The second-order valence-corrected chi connectivity index (χ2v) is 7.18. The van der Waals surface area contributed by atoms with Gasteiger partial charge in [0.1, 0.15) is 6.54 Å². The number of anilines is 1. The van der Waals surface area contributed by atoms with E-state index in [0.29, 0.717) is 5.69 Å². The first kappa shape index (κ1) is 16.9. The minimum Gasteiger partial charge on any atom is -0.325 e. The number of hydrogen-bond donors (Lipinski definition) is 1. The summed E-state index contributed by atoms with van der Waals surface area (Å²) in [6.45, 7) is -0.273. The number of carbonyl (C=O) groups is 1. The van der Waals surface area contributed by atoms with Gasteiger partial charge in [0.15, 0.2) is 0 Å². The van der Waals surface area contributed by atoms with Crippen molar-refractivity contribution in [3.05, 3.63) is 59.0 Å². The van der Waals surface area contributed by atoms with Gasteiger partial charge in [-0.2, -0.15) is 0 Å². The Labute approximate surface area is 134 Å². The van der Waals surface area contributed by atoms with Gasteiger partial charge in [0.25, 0.3) is 5.56 Å². The van der Waals surface area contributed by atoms with E-state index in [1.165, 1.54) is 26.4 Å². The third-order valence-electron chi connectivity index (χ3n) is 3.11. The Morgan fingerprint density at radius 3 is 2.39 bits per heavy atom. The third-order valence-corrected chi connectivity index (χ3v) is 4.91. The van der Waals surface area contributed by atoms with Crippen molar-refractivity contribution in [2.75, 3.05) is 19.4 Å². The fourth-order valence-electron chi connectivity index (χ4n) is 1.87. The Hall–Kier alpha value is -2.45. The molecule has 7 nitrogen and oxygen atoms in total. The van der Waals surface area contributed by atoms with Crippen molar-refractivity contribution in [1.82, 2.24) is 8.87 Å². The highest BCUT2D eigenvalue weighted by Gasteiger charge is 2.18. The maximum Gasteiger partial charge on any atom is 0.251 e. The van der Waals surface area contributed by atoms with Crippen LogP contribution in [0, 0.1) is 0 Å². The predicted molar refractivity (Wildman–Crippen MR) is 86.6 cm³/mol. The van der Waals surface area contributed by atoms with Gasteiger partial charge in [-0.15, -0.1) is 0 Å². The smallest absolute Gasteiger partial charge is 0.251 e. The molecule has 8 heteroatoms. The number of amides is 1. The second-order valence-electron chi connectivity index (χ2n) is 5.03. The standard InChI is InChI=1S/C15H17N3O4S/c1-17(2)23(21,22)13-8-9-15(20)18(10-13)11-14(19)16-12-6-4-3-5-7-12/h3-10H,11H2,1-2H3,(H,16,19). The highest BCUT2D eigenvalue weighted by Crippen LogP contribution is 2.11. The van der Waals surface area contributed by atoms with Crippen LogP contribution in [0.25, 0.3) is 0 Å². The van der Waals surface area contributed by atoms with E-state index in [2.05, 4.69) is 5.32 Å². The quantitative estimate of drug-likeness (QED) is 0.873. The molecule has 1 aromatic heterocycles. The summed E-state index contributed by atoms with van der Waals surface area (Å²) in [5.74, 6) is -0.419. The molecule has 0 atom stereocenters. The number of benzene rings is 1. The highest BCUT2D eigenvalue weighted by molar-refractivity contribution is 7.89. The van der Waals surface area contributed by atoms with Crippen LogP contribution in [0.5, 0.6) is 0 Å². The van der Waals surface area contributed by atoms with Gasteiger partial charge in [-0.05, 0) is 18.2 Å². The van der Waals surface area contributed by atoms with Gasteiger partial charge < -0.3 is 9.88 Å². The number of para-hydroxylation sites is 1. The molecular formula is C15H17N3O4S. The van der Waals surface area contributed by atoms with Gasteiger partial charge in [-0.1, -0.05) is 18.2 Å². The van der Waals surface area contributed by atoms with E-state index in [1.807, 2.05) is 6.07 Å². The first-order valence-electron chi connectivity index (χ1n) is 6.78. The van der Waals surface area contributed by atoms with Crippen molar-refractivity contribution in [3.8, 4) is 0 Å². The molecule has 0 aliphatic rings. The molecule has 122 valence electrons. The van der Waals surface area contributed by atoms with Gasteiger partial charge in [0, 0.05) is 32.0 Å². The molecule has 0 bridgehead atoms. The fourth-order valence-corrected chi connectivity index (χ4v) is 2.80. The molecule has 1 amide bonds. The Morgan fingerprint density at radius 1 is 1.13 bits per heavy atom. The van der Waals surface area contributed by atoms with E-state index in [9.17, 15) is 18.0 Å². The molecule has 0 aliphatic carbocycles. The zero-order chi connectivity index (χ0) is 17.0. The van der Waals surface area contributed by atoms with Gasteiger partial charge in [0.2, 0.25) is 15.9 Å². The summed E-state index contributed by atoms with van der Waals surface area (Å²) >= 11 is 0. The lowest BCUT2D eigenvalue weighted by Crippen LogP contribution is -2.29. The Kier molecular flexibility index (Phi) is 4.97. The molecule has 0 aliphatic heterocycles. The molecule has 2 rings (SSSR count). The van der Waals surface area contributed by atoms with E-state index in [-0.39, 0.29) is 11.4 Å². The van der Waals surface area contributed by atoms with E-state index < -0.39 is 21.5 Å². The van der Waals surface area contributed by atoms with Gasteiger partial charge in [0.05, 0.1) is 4.90 Å². The van der Waals surface area contributed by atoms with Crippen LogP contribution in [0.2, 0.25) is 0 Å². The molecule has 0 saturated carbocycles. The number of pyridine rings is 1. The summed E-state index contributed by atoms with van der Waals surface area (Å²) in [5, 5.41) is 2.64. The van der Waals surface area contributed by atoms with Crippen molar-refractivity contribution in [2.45, 2.75) is 11.4 Å². The number of sulfonamides is 1. The molecule has 0 fully saturated rings. The molecule has 1 aromatic carbocycles. The normalized spacial score (nSPS) is 11.4. The zero-order valence-electron chi connectivity index (χ0n) is 12.8. The number of nitrogens with zero attached hydrogens (tertiary/aromatic N) is 2. The van der Waals surface area contributed by atoms with Crippen molar-refractivity contribution in [1.29, 1.82) is 0 Å². The summed E-state index contributed by atoms with van der Waals surface area (Å²) in [4.78, 5) is 23.8. The number of hydrogen-bond acceptors (Lipinski definition) is 4. The largest absolute Gasteiger partial charge is 0.325 e. The molecular weight excluding hydrogens is 318 g/mol. The topological polar surface area (TPSA) is 88.5 Å². The molecule has 0 saturated heterocycles. The number of aromatic nitrogens is 1. The van der Waals surface area contributed by atoms with Crippen molar-refractivity contribution >= 4 is 21.6 Å². The lowest BCUT2D eigenvalue weighted by Gasteiger charge is -2.13. The van der Waals surface area contributed by atoms with Gasteiger partial charge in [-0.3, -0.25) is 9.59 Å². The average molecular weight is 335 g/mol. The monoisotopic (exact) mass is 335 g/mol. The predicted octanol–water partition coefficient (Wildman–Crippen LogP) is 0.737. The summed E-state index contributed by atoms with van der Waals surface area (Å²) in [5.41, 5.74) is 0.147. The Balaban J connectivity index is 2.23. The summed E-state index contributed by atoms with van der Waals surface area (Å²) < 4.78 is 26.3. The second kappa shape index (κ2) is 6.76. The minimum absolute atomic E-state index is 0.0467. The summed E-state index contributed by atoms with van der Waals surface area (Å²) in [6, 6.07) is 11.1. The molecule has 0 radical (unpaired) electrons. The van der Waals surface area contributed by atoms with E-state index in [1.54, 1.807) is 24.3 Å². The van der Waals surface area contributed by atoms with Gasteiger partial charge in [-0.25, -0.2) is 12.7 Å².